The van der Waals surface area contributed by atoms with Crippen LogP contribution in [0.2, 0.25) is 5.02 Å². The smallest absolute Gasteiger partial charge is 0.251 e. The molecule has 0 spiro atoms. The molecule has 1 aromatic heterocycles. The number of anilines is 1. The Bertz CT molecular complexity index is 1780. The normalized spacial score (nSPS) is 10.5. The summed E-state index contributed by atoms with van der Waals surface area (Å²) < 4.78 is 7.37. The maximum atomic E-state index is 13.4. The van der Waals surface area contributed by atoms with Gasteiger partial charge >= 0.3 is 0 Å². The van der Waals surface area contributed by atoms with Crippen LogP contribution in [0, 0.1) is 18.3 Å². The molecule has 9 heteroatoms. The molecule has 0 radical (unpaired) electrons. The van der Waals surface area contributed by atoms with Gasteiger partial charge in [0.1, 0.15) is 28.9 Å². The van der Waals surface area contributed by atoms with E-state index in [2.05, 4.69) is 21.8 Å². The van der Waals surface area contributed by atoms with Crippen molar-refractivity contribution < 1.29 is 14.3 Å². The van der Waals surface area contributed by atoms with Gasteiger partial charge < -0.3 is 15.4 Å². The Morgan fingerprint density at radius 2 is 1.60 bits per heavy atom. The van der Waals surface area contributed by atoms with Crippen molar-refractivity contribution in [3.05, 3.63) is 136 Å². The topological polar surface area (TPSA) is 109 Å². The van der Waals surface area contributed by atoms with Gasteiger partial charge in [0.05, 0.1) is 5.69 Å². The van der Waals surface area contributed by atoms with Crippen molar-refractivity contribution in [2.75, 3.05) is 18.4 Å². The van der Waals surface area contributed by atoms with E-state index < -0.39 is 0 Å². The molecule has 1 heterocycles. The highest BCUT2D eigenvalue weighted by Gasteiger charge is 2.25. The fraction of sp³-hybridized carbons (Fsp3) is 0.118. The lowest BCUT2D eigenvalue weighted by atomic mass is 10.0. The first-order valence-corrected chi connectivity index (χ1v) is 14.1. The van der Waals surface area contributed by atoms with Crippen LogP contribution >= 0.6 is 11.6 Å². The molecule has 0 saturated carbocycles. The number of ether oxygens (including phenoxy) is 1. The first kappa shape index (κ1) is 29.1. The molecule has 0 bridgehead atoms. The third-order valence-corrected chi connectivity index (χ3v) is 6.86. The first-order valence-electron chi connectivity index (χ1n) is 13.7. The highest BCUT2D eigenvalue weighted by Crippen LogP contribution is 2.27. The van der Waals surface area contributed by atoms with Crippen molar-refractivity contribution >= 4 is 29.1 Å². The minimum absolute atomic E-state index is 0.0507. The summed E-state index contributed by atoms with van der Waals surface area (Å²) in [5, 5.41) is 21.3. The molecular weight excluding hydrogens is 562 g/mol. The lowest BCUT2D eigenvalue weighted by Gasteiger charge is -2.11. The number of rotatable bonds is 11. The van der Waals surface area contributed by atoms with Gasteiger partial charge in [0.25, 0.3) is 5.91 Å². The van der Waals surface area contributed by atoms with Gasteiger partial charge in [0.15, 0.2) is 5.69 Å². The number of amides is 1. The number of benzene rings is 4. The zero-order valence-corrected chi connectivity index (χ0v) is 24.1. The van der Waals surface area contributed by atoms with Gasteiger partial charge in [-0.2, -0.15) is 10.4 Å². The van der Waals surface area contributed by atoms with Crippen molar-refractivity contribution in [1.82, 2.24) is 15.1 Å². The van der Waals surface area contributed by atoms with E-state index in [0.717, 1.165) is 5.56 Å². The zero-order chi connectivity index (χ0) is 30.2. The summed E-state index contributed by atoms with van der Waals surface area (Å²) in [6.07, 6.45) is 0.545. The predicted molar refractivity (Wildman–Crippen MR) is 166 cm³/mol. The van der Waals surface area contributed by atoms with Crippen LogP contribution < -0.4 is 15.4 Å². The number of nitrogens with zero attached hydrogens (tertiary/aromatic N) is 3. The highest BCUT2D eigenvalue weighted by atomic mass is 35.5. The summed E-state index contributed by atoms with van der Waals surface area (Å²) in [6.45, 7) is 2.72. The van der Waals surface area contributed by atoms with E-state index in [1.165, 1.54) is 4.68 Å². The molecule has 4 aromatic carbocycles. The van der Waals surface area contributed by atoms with E-state index in [9.17, 15) is 14.9 Å². The number of aromatic nitrogens is 2. The molecule has 43 heavy (non-hydrogen) atoms. The van der Waals surface area contributed by atoms with Gasteiger partial charge in [-0.25, -0.2) is 4.68 Å². The van der Waals surface area contributed by atoms with Gasteiger partial charge in [0, 0.05) is 29.2 Å². The quantitative estimate of drug-likeness (QED) is 0.127. The van der Waals surface area contributed by atoms with Gasteiger partial charge in [-0.15, -0.1) is 0 Å². The lowest BCUT2D eigenvalue weighted by molar-refractivity contribution is 0.0952. The van der Waals surface area contributed by atoms with Gasteiger partial charge in [0.2, 0.25) is 5.78 Å². The van der Waals surface area contributed by atoms with Crippen molar-refractivity contribution in [1.29, 1.82) is 5.26 Å². The maximum Gasteiger partial charge on any atom is 0.251 e. The van der Waals surface area contributed by atoms with Gasteiger partial charge in [-0.1, -0.05) is 65.7 Å². The molecule has 0 atom stereocenters. The first-order chi connectivity index (χ1) is 20.9. The SMILES string of the molecule is Cc1ccc(C(=O)c2nn(-c3ccc(Cl)cc3)c(NCCCNC(=O)c3cccc(Oc4ccccc4)c3)c2C#N)cc1. The Hall–Kier alpha value is -5.39. The number of carbonyl (C=O) groups is 2. The molecule has 0 aliphatic rings. The van der Waals surface area contributed by atoms with E-state index in [0.29, 0.717) is 58.7 Å². The number of ketones is 1. The molecular formula is C34H28ClN5O3. The number of para-hydroxylation sites is 1. The molecule has 0 unspecified atom stereocenters. The second-order valence-corrected chi connectivity index (χ2v) is 10.2. The summed E-state index contributed by atoms with van der Waals surface area (Å²) in [7, 11) is 0. The summed E-state index contributed by atoms with van der Waals surface area (Å²) >= 11 is 6.09. The molecule has 0 aliphatic carbocycles. The fourth-order valence-corrected chi connectivity index (χ4v) is 4.51. The van der Waals surface area contributed by atoms with Crippen LogP contribution in [0.15, 0.2) is 103 Å². The Morgan fingerprint density at radius 3 is 2.33 bits per heavy atom. The number of aryl methyl sites for hydroxylation is 1. The van der Waals surface area contributed by atoms with Crippen LogP contribution in [0.25, 0.3) is 5.69 Å². The zero-order valence-electron chi connectivity index (χ0n) is 23.4. The fourth-order valence-electron chi connectivity index (χ4n) is 4.38. The van der Waals surface area contributed by atoms with Crippen LogP contribution in [0.3, 0.4) is 0 Å². The standard InChI is InChI=1S/C34H28ClN5O3/c1-23-11-13-24(14-12-23)32(41)31-30(22-36)33(40(39-31)27-17-15-26(35)16-18-27)37-19-6-20-38-34(42)25-7-5-10-29(21-25)43-28-8-3-2-4-9-28/h2-5,7-18,21,37H,6,19-20H2,1H3,(H,38,42). The summed E-state index contributed by atoms with van der Waals surface area (Å²) in [5.74, 6) is 1.06. The van der Waals surface area contributed by atoms with Crippen LogP contribution in [0.4, 0.5) is 5.82 Å². The van der Waals surface area contributed by atoms with E-state index in [4.69, 9.17) is 16.3 Å². The maximum absolute atomic E-state index is 13.4. The Balaban J connectivity index is 1.27. The van der Waals surface area contributed by atoms with E-state index in [1.54, 1.807) is 60.7 Å². The molecule has 214 valence electrons. The second kappa shape index (κ2) is 13.5. The second-order valence-electron chi connectivity index (χ2n) is 9.75. The van der Waals surface area contributed by atoms with Crippen molar-refractivity contribution in [3.63, 3.8) is 0 Å². The molecule has 0 aliphatic heterocycles. The molecule has 0 fully saturated rings. The van der Waals surface area contributed by atoms with E-state index >= 15 is 0 Å². The summed E-state index contributed by atoms with van der Waals surface area (Å²) in [4.78, 5) is 26.2. The average molecular weight is 590 g/mol. The van der Waals surface area contributed by atoms with Crippen LogP contribution in [-0.2, 0) is 0 Å². The number of carbonyl (C=O) groups excluding carboxylic acids is 2. The largest absolute Gasteiger partial charge is 0.457 e. The van der Waals surface area contributed by atoms with E-state index in [1.807, 2.05) is 49.4 Å². The molecule has 5 rings (SSSR count). The Morgan fingerprint density at radius 1 is 0.884 bits per heavy atom. The van der Waals surface area contributed by atoms with Crippen LogP contribution in [0.1, 0.15) is 44.0 Å². The predicted octanol–water partition coefficient (Wildman–Crippen LogP) is 6.96. The number of nitriles is 1. The molecule has 2 N–H and O–H groups in total. The van der Waals surface area contributed by atoms with Crippen LogP contribution in [-0.4, -0.2) is 34.6 Å². The molecule has 5 aromatic rings. The molecule has 0 saturated heterocycles. The van der Waals surface area contributed by atoms with E-state index in [-0.39, 0.29) is 22.9 Å². The lowest BCUT2D eigenvalue weighted by Crippen LogP contribution is -2.26. The third-order valence-electron chi connectivity index (χ3n) is 6.60. The Labute approximate surface area is 254 Å². The minimum Gasteiger partial charge on any atom is -0.457 e. The highest BCUT2D eigenvalue weighted by molar-refractivity contribution is 6.30. The van der Waals surface area contributed by atoms with Crippen molar-refractivity contribution in [3.8, 4) is 23.3 Å². The number of hydrogen-bond acceptors (Lipinski definition) is 6. The van der Waals surface area contributed by atoms with Gasteiger partial charge in [-0.3, -0.25) is 9.59 Å². The molecule has 1 amide bonds. The summed E-state index contributed by atoms with van der Waals surface area (Å²) in [5.41, 5.74) is 2.77. The number of halogens is 1. The third kappa shape index (κ3) is 7.10. The van der Waals surface area contributed by atoms with Crippen molar-refractivity contribution in [2.45, 2.75) is 13.3 Å². The molecule has 8 nitrogen and oxygen atoms in total. The minimum atomic E-state index is -0.349. The van der Waals surface area contributed by atoms with Crippen LogP contribution in [0.5, 0.6) is 11.5 Å². The van der Waals surface area contributed by atoms with Gasteiger partial charge in [-0.05, 0) is 67.9 Å². The summed E-state index contributed by atoms with van der Waals surface area (Å²) in [6, 6.07) is 32.6. The number of nitrogens with one attached hydrogen (secondary N) is 2. The Kier molecular flexibility index (Phi) is 9.15. The number of hydrogen-bond donors (Lipinski definition) is 2. The average Bonchev–Trinajstić information content (AvgIpc) is 3.40. The monoisotopic (exact) mass is 589 g/mol. The van der Waals surface area contributed by atoms with Crippen molar-refractivity contribution in [2.24, 2.45) is 0 Å².